The van der Waals surface area contributed by atoms with Gasteiger partial charge in [-0.1, -0.05) is 24.3 Å². The quantitative estimate of drug-likeness (QED) is 0.609. The summed E-state index contributed by atoms with van der Waals surface area (Å²) in [6, 6.07) is 15.4. The predicted molar refractivity (Wildman–Crippen MR) is 135 cm³/mol. The number of halogens is 1. The Morgan fingerprint density at radius 1 is 1.15 bits per heavy atom. The topological polar surface area (TPSA) is 79.3 Å². The van der Waals surface area contributed by atoms with Crippen LogP contribution in [0.4, 0.5) is 5.69 Å². The molecule has 7 nitrogen and oxygen atoms in total. The van der Waals surface area contributed by atoms with Crippen molar-refractivity contribution in [1.82, 2.24) is 4.90 Å². The van der Waals surface area contributed by atoms with Gasteiger partial charge in [-0.25, -0.2) is 0 Å². The molecule has 1 aliphatic heterocycles. The van der Waals surface area contributed by atoms with E-state index in [2.05, 4.69) is 0 Å². The number of aliphatic hydroxyl groups excluding tert-OH is 1. The number of para-hydroxylation sites is 1. The second kappa shape index (κ2) is 14.1. The van der Waals surface area contributed by atoms with Gasteiger partial charge in [-0.2, -0.15) is 0 Å². The van der Waals surface area contributed by atoms with Crippen LogP contribution in [0.2, 0.25) is 0 Å². The summed E-state index contributed by atoms with van der Waals surface area (Å²) < 4.78 is 10.8. The highest BCUT2D eigenvalue weighted by Gasteiger charge is 2.40. The van der Waals surface area contributed by atoms with Crippen molar-refractivity contribution in [2.24, 2.45) is 0 Å². The number of rotatable bonds is 6. The SMILES string of the molecule is CCO.COc1ccc([C@@H]2Sc3ccccc3N(CCN(C)C)C(=O)[C@@H]2OC(C)=O)cc1.Cl. The van der Waals surface area contributed by atoms with E-state index >= 15 is 0 Å². The van der Waals surface area contributed by atoms with Gasteiger partial charge in [-0.15, -0.1) is 24.2 Å². The van der Waals surface area contributed by atoms with Crippen molar-refractivity contribution in [3.05, 3.63) is 54.1 Å². The summed E-state index contributed by atoms with van der Waals surface area (Å²) in [6.07, 6.45) is -0.916. The molecule has 1 amide bonds. The van der Waals surface area contributed by atoms with Gasteiger partial charge < -0.3 is 24.4 Å². The zero-order chi connectivity index (χ0) is 23.7. The lowest BCUT2D eigenvalue weighted by atomic mass is 10.1. The van der Waals surface area contributed by atoms with Crippen LogP contribution in [0, 0.1) is 0 Å². The fraction of sp³-hybridized carbons (Fsp3) is 0.417. The number of likely N-dealkylation sites (N-methyl/N-ethyl adjacent to an activating group) is 1. The smallest absolute Gasteiger partial charge is 0.303 e. The third kappa shape index (κ3) is 7.92. The molecule has 2 aromatic rings. The van der Waals surface area contributed by atoms with Gasteiger partial charge in [-0.3, -0.25) is 9.59 Å². The third-order valence-electron chi connectivity index (χ3n) is 4.70. The molecule has 0 spiro atoms. The van der Waals surface area contributed by atoms with Crippen molar-refractivity contribution in [1.29, 1.82) is 0 Å². The fourth-order valence-corrected chi connectivity index (χ4v) is 4.56. The van der Waals surface area contributed by atoms with Crippen LogP contribution >= 0.6 is 24.2 Å². The number of esters is 1. The predicted octanol–water partition coefficient (Wildman–Crippen LogP) is 3.79. The van der Waals surface area contributed by atoms with Crippen molar-refractivity contribution in [3.63, 3.8) is 0 Å². The average molecular weight is 497 g/mol. The van der Waals surface area contributed by atoms with Gasteiger partial charge in [0.2, 0.25) is 0 Å². The number of nitrogens with zero attached hydrogens (tertiary/aromatic N) is 2. The molecule has 9 heteroatoms. The van der Waals surface area contributed by atoms with E-state index in [0.717, 1.165) is 21.9 Å². The highest BCUT2D eigenvalue weighted by atomic mass is 35.5. The molecule has 1 heterocycles. The Hall–Kier alpha value is -2.26. The molecular weight excluding hydrogens is 464 g/mol. The lowest BCUT2D eigenvalue weighted by Crippen LogP contribution is -2.45. The van der Waals surface area contributed by atoms with Gasteiger partial charge in [0.15, 0.2) is 6.10 Å². The van der Waals surface area contributed by atoms with Crippen LogP contribution in [0.1, 0.15) is 24.7 Å². The van der Waals surface area contributed by atoms with Gasteiger partial charge in [0.05, 0.1) is 18.0 Å². The normalized spacial score (nSPS) is 17.2. The number of hydrogen-bond acceptors (Lipinski definition) is 7. The monoisotopic (exact) mass is 496 g/mol. The highest BCUT2D eigenvalue weighted by Crippen LogP contribution is 2.46. The maximum absolute atomic E-state index is 13.6. The van der Waals surface area contributed by atoms with Crippen LogP contribution in [0.5, 0.6) is 5.75 Å². The van der Waals surface area contributed by atoms with Crippen molar-refractivity contribution in [2.45, 2.75) is 30.1 Å². The van der Waals surface area contributed by atoms with Crippen LogP contribution in [-0.2, 0) is 14.3 Å². The molecule has 2 atom stereocenters. The van der Waals surface area contributed by atoms with E-state index in [9.17, 15) is 9.59 Å². The molecule has 3 rings (SSSR count). The molecular formula is C24H33ClN2O5S. The molecule has 0 aliphatic carbocycles. The summed E-state index contributed by atoms with van der Waals surface area (Å²) in [5.74, 6) is 0.0528. The second-order valence-electron chi connectivity index (χ2n) is 7.42. The van der Waals surface area contributed by atoms with Crippen molar-refractivity contribution in [3.8, 4) is 5.75 Å². The van der Waals surface area contributed by atoms with Crippen molar-refractivity contribution >= 4 is 41.7 Å². The number of benzene rings is 2. The van der Waals surface area contributed by atoms with E-state index in [1.165, 1.54) is 6.92 Å². The molecule has 2 aromatic carbocycles. The van der Waals surface area contributed by atoms with Crippen LogP contribution in [0.15, 0.2) is 53.4 Å². The summed E-state index contributed by atoms with van der Waals surface area (Å²) in [5, 5.41) is 7.21. The van der Waals surface area contributed by atoms with Gasteiger partial charge in [0.25, 0.3) is 5.91 Å². The summed E-state index contributed by atoms with van der Waals surface area (Å²) in [5.41, 5.74) is 1.75. The minimum Gasteiger partial charge on any atom is -0.497 e. The fourth-order valence-electron chi connectivity index (χ4n) is 3.24. The number of thioether (sulfide) groups is 1. The van der Waals surface area contributed by atoms with E-state index in [4.69, 9.17) is 14.6 Å². The van der Waals surface area contributed by atoms with Gasteiger partial charge >= 0.3 is 5.97 Å². The second-order valence-corrected chi connectivity index (χ2v) is 8.60. The van der Waals surface area contributed by atoms with Gasteiger partial charge in [0, 0.05) is 31.5 Å². The van der Waals surface area contributed by atoms with E-state index in [1.807, 2.05) is 67.5 Å². The largest absolute Gasteiger partial charge is 0.497 e. The van der Waals surface area contributed by atoms with Crippen LogP contribution in [0.25, 0.3) is 0 Å². The summed E-state index contributed by atoms with van der Waals surface area (Å²) in [7, 11) is 5.54. The molecule has 0 fully saturated rings. The molecule has 33 heavy (non-hydrogen) atoms. The number of carbonyl (C=O) groups is 2. The maximum Gasteiger partial charge on any atom is 0.303 e. The van der Waals surface area contributed by atoms with E-state index in [-0.39, 0.29) is 30.2 Å². The Balaban J connectivity index is 0.00000129. The molecule has 1 aliphatic rings. The molecule has 0 unspecified atom stereocenters. The highest BCUT2D eigenvalue weighted by molar-refractivity contribution is 7.99. The average Bonchev–Trinajstić information content (AvgIpc) is 2.87. The minimum atomic E-state index is -0.916. The van der Waals surface area contributed by atoms with Gasteiger partial charge in [-0.05, 0) is 50.8 Å². The molecule has 1 N–H and O–H groups in total. The van der Waals surface area contributed by atoms with E-state index < -0.39 is 12.1 Å². The third-order valence-corrected chi connectivity index (χ3v) is 6.07. The first-order valence-electron chi connectivity index (χ1n) is 10.5. The van der Waals surface area contributed by atoms with E-state index in [1.54, 1.807) is 30.7 Å². The zero-order valence-corrected chi connectivity index (χ0v) is 21.3. The van der Waals surface area contributed by atoms with Crippen LogP contribution in [-0.4, -0.2) is 68.9 Å². The standard InChI is InChI=1S/C22H26N2O4S.C2H6O.ClH/c1-15(25)28-20-21(16-9-11-17(27-4)12-10-16)29-19-8-6-5-7-18(19)24(22(20)26)14-13-23(2)3;1-2-3;/h5-12,20-21H,13-14H2,1-4H3;3H,2H2,1H3;1H/t20-,21+;;/m1../s1. The number of amides is 1. The molecule has 0 radical (unpaired) electrons. The Kier molecular flexibility index (Phi) is 12.3. The Morgan fingerprint density at radius 3 is 2.30 bits per heavy atom. The summed E-state index contributed by atoms with van der Waals surface area (Å²) in [4.78, 5) is 30.2. The van der Waals surface area contributed by atoms with Gasteiger partial charge in [0.1, 0.15) is 5.75 Å². The Morgan fingerprint density at radius 2 is 1.76 bits per heavy atom. The molecule has 0 saturated carbocycles. The number of hydrogen-bond donors (Lipinski definition) is 1. The maximum atomic E-state index is 13.6. The summed E-state index contributed by atoms with van der Waals surface area (Å²) in [6.45, 7) is 4.48. The minimum absolute atomic E-state index is 0. The van der Waals surface area contributed by atoms with Crippen molar-refractivity contribution < 1.29 is 24.2 Å². The first kappa shape index (κ1) is 28.8. The number of aliphatic hydroxyl groups is 1. The number of anilines is 1. The molecule has 0 bridgehead atoms. The summed E-state index contributed by atoms with van der Waals surface area (Å²) >= 11 is 1.54. The first-order valence-corrected chi connectivity index (χ1v) is 11.3. The molecule has 0 saturated heterocycles. The number of fused-ring (bicyclic) bond motifs is 1. The number of carbonyl (C=O) groups excluding carboxylic acids is 2. The van der Waals surface area contributed by atoms with Crippen LogP contribution < -0.4 is 9.64 Å². The van der Waals surface area contributed by atoms with Crippen LogP contribution in [0.3, 0.4) is 0 Å². The first-order chi connectivity index (χ1) is 15.3. The number of ether oxygens (including phenoxy) is 2. The van der Waals surface area contributed by atoms with E-state index in [0.29, 0.717) is 13.1 Å². The molecule has 0 aromatic heterocycles. The Bertz CT molecular complexity index is 895. The zero-order valence-electron chi connectivity index (χ0n) is 19.7. The number of methoxy groups -OCH3 is 1. The van der Waals surface area contributed by atoms with Crippen molar-refractivity contribution in [2.75, 3.05) is 45.8 Å². The molecule has 182 valence electrons. The Labute approximate surface area is 206 Å². The lowest BCUT2D eigenvalue weighted by Gasteiger charge is -2.28. The lowest BCUT2D eigenvalue weighted by molar-refractivity contribution is -0.152.